The van der Waals surface area contributed by atoms with Gasteiger partial charge in [-0.3, -0.25) is 4.79 Å². The predicted molar refractivity (Wildman–Crippen MR) is 95.7 cm³/mol. The first-order chi connectivity index (χ1) is 11.6. The van der Waals surface area contributed by atoms with Gasteiger partial charge >= 0.3 is 0 Å². The molecule has 5 nitrogen and oxygen atoms in total. The number of nitrogens with zero attached hydrogens (tertiary/aromatic N) is 4. The summed E-state index contributed by atoms with van der Waals surface area (Å²) in [5.74, 6) is 2.35. The predicted octanol–water partition coefficient (Wildman–Crippen LogP) is 3.00. The zero-order chi connectivity index (χ0) is 17.1. The van der Waals surface area contributed by atoms with Crippen LogP contribution in [0, 0.1) is 5.92 Å². The van der Waals surface area contributed by atoms with Crippen LogP contribution in [0.15, 0.2) is 35.2 Å². The van der Waals surface area contributed by atoms with Gasteiger partial charge in [0, 0.05) is 24.9 Å². The standard InChI is InChI=1S/C18H24N4OS/c1-13(2)17(24-14-8-5-4-6-9-14)18(23)21(3)12-16-20-19-15-10-7-11-22(15)16/h4-6,8-9,13,17H,7,10-12H2,1-3H3/t17-/m1/s1. The van der Waals surface area contributed by atoms with Crippen LogP contribution in [0.2, 0.25) is 0 Å². The van der Waals surface area contributed by atoms with Gasteiger partial charge in [0.05, 0.1) is 11.8 Å². The number of hydrogen-bond donors (Lipinski definition) is 0. The van der Waals surface area contributed by atoms with Gasteiger partial charge in [0.2, 0.25) is 5.91 Å². The lowest BCUT2D eigenvalue weighted by Crippen LogP contribution is -2.37. The largest absolute Gasteiger partial charge is 0.337 e. The molecule has 128 valence electrons. The molecule has 0 spiro atoms. The molecule has 3 rings (SSSR count). The monoisotopic (exact) mass is 344 g/mol. The van der Waals surface area contributed by atoms with Gasteiger partial charge < -0.3 is 9.47 Å². The number of aromatic nitrogens is 3. The molecule has 2 heterocycles. The molecule has 0 saturated heterocycles. The fraction of sp³-hybridized carbons (Fsp3) is 0.500. The summed E-state index contributed by atoms with van der Waals surface area (Å²) in [4.78, 5) is 15.9. The highest BCUT2D eigenvalue weighted by Crippen LogP contribution is 2.29. The topological polar surface area (TPSA) is 51.0 Å². The van der Waals surface area contributed by atoms with E-state index in [-0.39, 0.29) is 17.1 Å². The Morgan fingerprint density at radius 2 is 2.04 bits per heavy atom. The van der Waals surface area contributed by atoms with Gasteiger partial charge in [0.25, 0.3) is 0 Å². The average molecular weight is 344 g/mol. The van der Waals surface area contributed by atoms with Crippen molar-refractivity contribution in [2.75, 3.05) is 7.05 Å². The summed E-state index contributed by atoms with van der Waals surface area (Å²) in [6.45, 7) is 5.68. The first-order valence-electron chi connectivity index (χ1n) is 8.44. The molecule has 1 atom stereocenters. The number of amides is 1. The second-order valence-corrected chi connectivity index (χ2v) is 7.79. The maximum atomic E-state index is 13.0. The van der Waals surface area contributed by atoms with Crippen molar-refractivity contribution in [3.63, 3.8) is 0 Å². The smallest absolute Gasteiger partial charge is 0.236 e. The van der Waals surface area contributed by atoms with Crippen LogP contribution in [-0.4, -0.2) is 37.9 Å². The summed E-state index contributed by atoms with van der Waals surface area (Å²) in [6.07, 6.45) is 2.11. The third kappa shape index (κ3) is 3.64. The van der Waals surface area contributed by atoms with Crippen LogP contribution in [0.1, 0.15) is 31.9 Å². The van der Waals surface area contributed by atoms with E-state index in [1.165, 1.54) is 0 Å². The van der Waals surface area contributed by atoms with Gasteiger partial charge in [-0.15, -0.1) is 22.0 Å². The molecule has 6 heteroatoms. The second kappa shape index (κ2) is 7.38. The summed E-state index contributed by atoms with van der Waals surface area (Å²) in [5, 5.41) is 8.39. The molecule has 0 fully saturated rings. The van der Waals surface area contributed by atoms with E-state index in [9.17, 15) is 4.79 Å². The van der Waals surface area contributed by atoms with E-state index in [0.29, 0.717) is 6.54 Å². The number of carbonyl (C=O) groups is 1. The van der Waals surface area contributed by atoms with E-state index in [0.717, 1.165) is 35.9 Å². The summed E-state index contributed by atoms with van der Waals surface area (Å²) >= 11 is 1.64. The van der Waals surface area contributed by atoms with Gasteiger partial charge in [-0.25, -0.2) is 0 Å². The number of fused-ring (bicyclic) bond motifs is 1. The van der Waals surface area contributed by atoms with Crippen molar-refractivity contribution in [2.45, 2.75) is 49.9 Å². The Hall–Kier alpha value is -1.82. The van der Waals surface area contributed by atoms with E-state index in [1.807, 2.05) is 25.2 Å². The Kier molecular flexibility index (Phi) is 5.23. The third-order valence-corrected chi connectivity index (χ3v) is 5.84. The Morgan fingerprint density at radius 3 is 2.75 bits per heavy atom. The lowest BCUT2D eigenvalue weighted by molar-refractivity contribution is -0.130. The highest BCUT2D eigenvalue weighted by molar-refractivity contribution is 8.00. The van der Waals surface area contributed by atoms with Gasteiger partial charge in [-0.05, 0) is 24.5 Å². The van der Waals surface area contributed by atoms with Crippen LogP contribution in [0.5, 0.6) is 0 Å². The Labute approximate surface area is 147 Å². The zero-order valence-corrected chi connectivity index (χ0v) is 15.3. The molecule has 1 aromatic heterocycles. The zero-order valence-electron chi connectivity index (χ0n) is 14.5. The molecule has 1 aromatic carbocycles. The van der Waals surface area contributed by atoms with Crippen molar-refractivity contribution in [1.29, 1.82) is 0 Å². The second-order valence-electron chi connectivity index (χ2n) is 6.58. The maximum absolute atomic E-state index is 13.0. The molecule has 0 saturated carbocycles. The molecule has 24 heavy (non-hydrogen) atoms. The van der Waals surface area contributed by atoms with E-state index < -0.39 is 0 Å². The molecule has 1 aliphatic heterocycles. The van der Waals surface area contributed by atoms with Crippen molar-refractivity contribution in [1.82, 2.24) is 19.7 Å². The van der Waals surface area contributed by atoms with Crippen molar-refractivity contribution in [3.8, 4) is 0 Å². The summed E-state index contributed by atoms with van der Waals surface area (Å²) < 4.78 is 2.15. The van der Waals surface area contributed by atoms with E-state index in [1.54, 1.807) is 16.7 Å². The minimum absolute atomic E-state index is 0.0987. The van der Waals surface area contributed by atoms with Crippen LogP contribution in [0.4, 0.5) is 0 Å². The molecule has 0 bridgehead atoms. The average Bonchev–Trinajstić information content (AvgIpc) is 3.17. The molecular formula is C18H24N4OS. The molecule has 1 amide bonds. The number of benzene rings is 1. The molecule has 0 radical (unpaired) electrons. The van der Waals surface area contributed by atoms with Crippen molar-refractivity contribution >= 4 is 17.7 Å². The van der Waals surface area contributed by atoms with E-state index in [2.05, 4.69) is 40.7 Å². The number of aryl methyl sites for hydroxylation is 1. The first-order valence-corrected chi connectivity index (χ1v) is 9.32. The Balaban J connectivity index is 1.69. The summed E-state index contributed by atoms with van der Waals surface area (Å²) in [7, 11) is 1.86. The quantitative estimate of drug-likeness (QED) is 0.756. The Bertz CT molecular complexity index is 698. The SMILES string of the molecule is CC(C)[C@@H](Sc1ccccc1)C(=O)N(C)Cc1nnc2n1CCC2. The normalized spacial score (nSPS) is 14.7. The van der Waals surface area contributed by atoms with Gasteiger partial charge in [-0.2, -0.15) is 0 Å². The third-order valence-electron chi connectivity index (χ3n) is 4.30. The van der Waals surface area contributed by atoms with Crippen molar-refractivity contribution < 1.29 is 4.79 Å². The van der Waals surface area contributed by atoms with Crippen LogP contribution < -0.4 is 0 Å². The van der Waals surface area contributed by atoms with Crippen LogP contribution in [-0.2, 0) is 24.3 Å². The van der Waals surface area contributed by atoms with Gasteiger partial charge in [-0.1, -0.05) is 32.0 Å². The molecule has 0 aliphatic carbocycles. The molecule has 0 N–H and O–H groups in total. The van der Waals surface area contributed by atoms with Crippen LogP contribution in [0.3, 0.4) is 0 Å². The molecule has 1 aliphatic rings. The minimum atomic E-state index is -0.0987. The van der Waals surface area contributed by atoms with Crippen LogP contribution in [0.25, 0.3) is 0 Å². The first kappa shape index (κ1) is 17.0. The number of carbonyl (C=O) groups excluding carboxylic acids is 1. The van der Waals surface area contributed by atoms with Crippen molar-refractivity contribution in [3.05, 3.63) is 42.0 Å². The molecular weight excluding hydrogens is 320 g/mol. The molecule has 0 unspecified atom stereocenters. The number of thioether (sulfide) groups is 1. The fourth-order valence-corrected chi connectivity index (χ4v) is 4.11. The Morgan fingerprint density at radius 1 is 1.29 bits per heavy atom. The van der Waals surface area contributed by atoms with Crippen LogP contribution >= 0.6 is 11.8 Å². The highest BCUT2D eigenvalue weighted by atomic mass is 32.2. The lowest BCUT2D eigenvalue weighted by atomic mass is 10.1. The molecule has 2 aromatic rings. The van der Waals surface area contributed by atoms with E-state index in [4.69, 9.17) is 0 Å². The summed E-state index contributed by atoms with van der Waals surface area (Å²) in [5.41, 5.74) is 0. The van der Waals surface area contributed by atoms with Crippen molar-refractivity contribution in [2.24, 2.45) is 5.92 Å². The maximum Gasteiger partial charge on any atom is 0.236 e. The summed E-state index contributed by atoms with van der Waals surface area (Å²) in [6, 6.07) is 10.1. The lowest BCUT2D eigenvalue weighted by Gasteiger charge is -2.25. The highest BCUT2D eigenvalue weighted by Gasteiger charge is 2.28. The number of hydrogen-bond acceptors (Lipinski definition) is 4. The van der Waals surface area contributed by atoms with Gasteiger partial charge in [0.15, 0.2) is 5.82 Å². The number of rotatable bonds is 6. The fourth-order valence-electron chi connectivity index (χ4n) is 2.95. The van der Waals surface area contributed by atoms with Gasteiger partial charge in [0.1, 0.15) is 5.82 Å². The van der Waals surface area contributed by atoms with E-state index >= 15 is 0 Å². The minimum Gasteiger partial charge on any atom is -0.337 e.